The number of pyridine rings is 1. The highest BCUT2D eigenvalue weighted by atomic mass is 16.5. The predicted octanol–water partition coefficient (Wildman–Crippen LogP) is 2.18. The standard InChI is InChI=1S/C21H27N3O4/c1-15(2)19(24-20(25)17-8-10-22-11-9-17)21(26)23-14-16-4-6-18(7-5-16)28-13-12-27-3/h4-11,15,19H,12-14H2,1-3H3,(H,23,26)(H,24,25)/t19-/m1/s1. The first-order valence-corrected chi connectivity index (χ1v) is 9.20. The molecular weight excluding hydrogens is 358 g/mol. The summed E-state index contributed by atoms with van der Waals surface area (Å²) in [6, 6.07) is 10.1. The van der Waals surface area contributed by atoms with Gasteiger partial charge in [0, 0.05) is 31.6 Å². The number of amides is 2. The first-order chi connectivity index (χ1) is 13.5. The van der Waals surface area contributed by atoms with E-state index in [-0.39, 0.29) is 17.7 Å². The van der Waals surface area contributed by atoms with Gasteiger partial charge < -0.3 is 20.1 Å². The van der Waals surface area contributed by atoms with Crippen LogP contribution in [0.1, 0.15) is 29.8 Å². The van der Waals surface area contributed by atoms with Crippen molar-refractivity contribution >= 4 is 11.8 Å². The van der Waals surface area contributed by atoms with Crippen molar-refractivity contribution in [3.8, 4) is 5.75 Å². The molecule has 0 bridgehead atoms. The van der Waals surface area contributed by atoms with Gasteiger partial charge in [0.05, 0.1) is 6.61 Å². The molecule has 0 aliphatic rings. The van der Waals surface area contributed by atoms with Crippen molar-refractivity contribution in [2.24, 2.45) is 5.92 Å². The largest absolute Gasteiger partial charge is 0.491 e. The molecule has 0 spiro atoms. The van der Waals surface area contributed by atoms with Gasteiger partial charge in [-0.25, -0.2) is 0 Å². The SMILES string of the molecule is COCCOc1ccc(CNC(=O)[C@H](NC(=O)c2ccncc2)C(C)C)cc1. The van der Waals surface area contributed by atoms with Gasteiger partial charge in [-0.05, 0) is 35.7 Å². The van der Waals surface area contributed by atoms with Crippen LogP contribution >= 0.6 is 0 Å². The Morgan fingerprint density at radius 2 is 1.71 bits per heavy atom. The molecule has 0 aliphatic carbocycles. The molecule has 2 amide bonds. The highest BCUT2D eigenvalue weighted by Gasteiger charge is 2.24. The summed E-state index contributed by atoms with van der Waals surface area (Å²) in [6.45, 7) is 5.16. The summed E-state index contributed by atoms with van der Waals surface area (Å²) in [4.78, 5) is 28.8. The Labute approximate surface area is 165 Å². The summed E-state index contributed by atoms with van der Waals surface area (Å²) < 4.78 is 10.5. The number of carbonyl (C=O) groups is 2. The zero-order valence-electron chi connectivity index (χ0n) is 16.5. The topological polar surface area (TPSA) is 89.5 Å². The maximum atomic E-state index is 12.6. The van der Waals surface area contributed by atoms with Gasteiger partial charge in [-0.3, -0.25) is 14.6 Å². The lowest BCUT2D eigenvalue weighted by molar-refractivity contribution is -0.124. The Kier molecular flexibility index (Phi) is 8.42. The van der Waals surface area contributed by atoms with E-state index >= 15 is 0 Å². The minimum atomic E-state index is -0.627. The van der Waals surface area contributed by atoms with Crippen molar-refractivity contribution in [3.63, 3.8) is 0 Å². The maximum absolute atomic E-state index is 12.6. The molecule has 0 saturated heterocycles. The summed E-state index contributed by atoms with van der Waals surface area (Å²) in [6.07, 6.45) is 3.09. The fourth-order valence-electron chi connectivity index (χ4n) is 2.51. The number of rotatable bonds is 10. The van der Waals surface area contributed by atoms with Crippen LogP contribution in [0.15, 0.2) is 48.8 Å². The molecule has 0 unspecified atom stereocenters. The van der Waals surface area contributed by atoms with Crippen LogP contribution in [0, 0.1) is 5.92 Å². The van der Waals surface area contributed by atoms with Gasteiger partial charge in [-0.2, -0.15) is 0 Å². The van der Waals surface area contributed by atoms with Crippen molar-refractivity contribution in [1.29, 1.82) is 0 Å². The zero-order valence-corrected chi connectivity index (χ0v) is 16.5. The lowest BCUT2D eigenvalue weighted by atomic mass is 10.0. The van der Waals surface area contributed by atoms with E-state index in [4.69, 9.17) is 9.47 Å². The predicted molar refractivity (Wildman–Crippen MR) is 106 cm³/mol. The molecule has 2 aromatic rings. The van der Waals surface area contributed by atoms with Gasteiger partial charge in [-0.15, -0.1) is 0 Å². The molecule has 7 heteroatoms. The first kappa shape index (κ1) is 21.4. The van der Waals surface area contributed by atoms with E-state index in [1.807, 2.05) is 38.1 Å². The van der Waals surface area contributed by atoms with Gasteiger partial charge in [0.15, 0.2) is 0 Å². The number of hydrogen-bond donors (Lipinski definition) is 2. The van der Waals surface area contributed by atoms with Crippen LogP contribution < -0.4 is 15.4 Å². The van der Waals surface area contributed by atoms with Gasteiger partial charge in [0.25, 0.3) is 5.91 Å². The summed E-state index contributed by atoms with van der Waals surface area (Å²) in [7, 11) is 1.62. The Balaban J connectivity index is 1.89. The van der Waals surface area contributed by atoms with E-state index in [9.17, 15) is 9.59 Å². The highest BCUT2D eigenvalue weighted by Crippen LogP contribution is 2.12. The molecule has 28 heavy (non-hydrogen) atoms. The van der Waals surface area contributed by atoms with Crippen LogP contribution in [0.25, 0.3) is 0 Å². The van der Waals surface area contributed by atoms with Crippen LogP contribution in [0.4, 0.5) is 0 Å². The molecule has 1 heterocycles. The number of aromatic nitrogens is 1. The van der Waals surface area contributed by atoms with E-state index in [1.165, 1.54) is 0 Å². The molecular formula is C21H27N3O4. The van der Waals surface area contributed by atoms with Crippen LogP contribution in [0.2, 0.25) is 0 Å². The van der Waals surface area contributed by atoms with Crippen molar-refractivity contribution in [2.75, 3.05) is 20.3 Å². The van der Waals surface area contributed by atoms with Crippen LogP contribution in [-0.2, 0) is 16.1 Å². The highest BCUT2D eigenvalue weighted by molar-refractivity contribution is 5.97. The summed E-state index contributed by atoms with van der Waals surface area (Å²) in [5, 5.41) is 5.68. The van der Waals surface area contributed by atoms with E-state index in [2.05, 4.69) is 15.6 Å². The lowest BCUT2D eigenvalue weighted by Gasteiger charge is -2.22. The minimum absolute atomic E-state index is 0.0534. The quantitative estimate of drug-likeness (QED) is 0.612. The molecule has 1 atom stereocenters. The molecule has 2 rings (SSSR count). The molecule has 1 aromatic carbocycles. The van der Waals surface area contributed by atoms with E-state index in [1.54, 1.807) is 31.6 Å². The van der Waals surface area contributed by atoms with Crippen molar-refractivity contribution in [2.45, 2.75) is 26.4 Å². The van der Waals surface area contributed by atoms with Gasteiger partial charge in [0.2, 0.25) is 5.91 Å². The molecule has 150 valence electrons. The minimum Gasteiger partial charge on any atom is -0.491 e. The third-order valence-electron chi connectivity index (χ3n) is 4.12. The van der Waals surface area contributed by atoms with E-state index in [0.29, 0.717) is 25.3 Å². The van der Waals surface area contributed by atoms with Crippen molar-refractivity contribution < 1.29 is 19.1 Å². The molecule has 0 aliphatic heterocycles. The van der Waals surface area contributed by atoms with Crippen LogP contribution in [0.3, 0.4) is 0 Å². The molecule has 2 N–H and O–H groups in total. The van der Waals surface area contributed by atoms with Crippen molar-refractivity contribution in [1.82, 2.24) is 15.6 Å². The number of nitrogens with one attached hydrogen (secondary N) is 2. The lowest BCUT2D eigenvalue weighted by Crippen LogP contribution is -2.49. The fourth-order valence-corrected chi connectivity index (χ4v) is 2.51. The second-order valence-electron chi connectivity index (χ2n) is 6.63. The van der Waals surface area contributed by atoms with Gasteiger partial charge in [0.1, 0.15) is 18.4 Å². The fraction of sp³-hybridized carbons (Fsp3) is 0.381. The second-order valence-corrected chi connectivity index (χ2v) is 6.63. The third-order valence-corrected chi connectivity index (χ3v) is 4.12. The van der Waals surface area contributed by atoms with Gasteiger partial charge in [-0.1, -0.05) is 26.0 Å². The number of ether oxygens (including phenoxy) is 2. The van der Waals surface area contributed by atoms with Gasteiger partial charge >= 0.3 is 0 Å². The molecule has 7 nitrogen and oxygen atoms in total. The van der Waals surface area contributed by atoms with Crippen LogP contribution in [0.5, 0.6) is 5.75 Å². The average Bonchev–Trinajstić information content (AvgIpc) is 2.71. The molecule has 0 saturated carbocycles. The number of hydrogen-bond acceptors (Lipinski definition) is 5. The Morgan fingerprint density at radius 1 is 1.04 bits per heavy atom. The Hall–Kier alpha value is -2.93. The number of carbonyl (C=O) groups excluding carboxylic acids is 2. The monoisotopic (exact) mass is 385 g/mol. The summed E-state index contributed by atoms with van der Waals surface area (Å²) >= 11 is 0. The number of methoxy groups -OCH3 is 1. The first-order valence-electron chi connectivity index (χ1n) is 9.20. The van der Waals surface area contributed by atoms with E-state index in [0.717, 1.165) is 11.3 Å². The Bertz CT molecular complexity index is 748. The van der Waals surface area contributed by atoms with Crippen molar-refractivity contribution in [3.05, 3.63) is 59.9 Å². The smallest absolute Gasteiger partial charge is 0.252 e. The Morgan fingerprint density at radius 3 is 2.32 bits per heavy atom. The number of nitrogens with zero attached hydrogens (tertiary/aromatic N) is 1. The maximum Gasteiger partial charge on any atom is 0.252 e. The summed E-state index contributed by atoms with van der Waals surface area (Å²) in [5.41, 5.74) is 1.41. The number of benzene rings is 1. The zero-order chi connectivity index (χ0) is 20.4. The third kappa shape index (κ3) is 6.66. The molecule has 0 radical (unpaired) electrons. The van der Waals surface area contributed by atoms with Crippen LogP contribution in [-0.4, -0.2) is 43.2 Å². The normalized spacial score (nSPS) is 11.7. The van der Waals surface area contributed by atoms with E-state index < -0.39 is 6.04 Å². The molecule has 0 fully saturated rings. The molecule has 1 aromatic heterocycles. The second kappa shape index (κ2) is 11.0. The average molecular weight is 385 g/mol. The summed E-state index contributed by atoms with van der Waals surface area (Å²) in [5.74, 6) is 0.172.